The highest BCUT2D eigenvalue weighted by Gasteiger charge is 2.21. The summed E-state index contributed by atoms with van der Waals surface area (Å²) in [5.41, 5.74) is 2.29. The van der Waals surface area contributed by atoms with E-state index in [1.165, 1.54) is 0 Å². The second-order valence-electron chi connectivity index (χ2n) is 4.03. The Morgan fingerprint density at radius 1 is 1.53 bits per heavy atom. The molecule has 1 aliphatic rings. The third kappa shape index (κ3) is 2.42. The first-order valence-electron chi connectivity index (χ1n) is 5.36. The van der Waals surface area contributed by atoms with Gasteiger partial charge in [0.05, 0.1) is 0 Å². The molecule has 0 bridgehead atoms. The predicted octanol–water partition coefficient (Wildman–Crippen LogP) is 1.49. The maximum Gasteiger partial charge on any atom is 0.253 e. The van der Waals surface area contributed by atoms with E-state index in [1.54, 1.807) is 24.1 Å². The molecule has 0 atom stereocenters. The molecule has 1 aliphatic heterocycles. The number of carbonyl (C=O) groups is 2. The number of anilines is 1. The topological polar surface area (TPSA) is 49.4 Å². The molecule has 5 heteroatoms. The summed E-state index contributed by atoms with van der Waals surface area (Å²) in [6, 6.07) is 5.38. The Morgan fingerprint density at radius 2 is 2.29 bits per heavy atom. The van der Waals surface area contributed by atoms with Gasteiger partial charge >= 0.3 is 0 Å². The third-order valence-corrected chi connectivity index (χ3v) is 3.05. The van der Waals surface area contributed by atoms with Gasteiger partial charge in [0.2, 0.25) is 5.91 Å². The van der Waals surface area contributed by atoms with Crippen LogP contribution in [0.3, 0.4) is 0 Å². The molecule has 0 fully saturated rings. The molecule has 1 heterocycles. The number of carbonyl (C=O) groups excluding carboxylic acids is 2. The van der Waals surface area contributed by atoms with Crippen LogP contribution in [0, 0.1) is 0 Å². The van der Waals surface area contributed by atoms with E-state index < -0.39 is 0 Å². The van der Waals surface area contributed by atoms with Crippen LogP contribution >= 0.6 is 11.6 Å². The number of nitrogens with zero attached hydrogens (tertiary/aromatic N) is 1. The van der Waals surface area contributed by atoms with Crippen LogP contribution in [0.25, 0.3) is 0 Å². The Labute approximate surface area is 105 Å². The SMILES string of the molecule is CN1CCc2ccc(NC(=O)CCl)cc2C1=O. The van der Waals surface area contributed by atoms with E-state index in [9.17, 15) is 9.59 Å². The van der Waals surface area contributed by atoms with Gasteiger partial charge in [-0.05, 0) is 24.1 Å². The molecule has 0 saturated heterocycles. The van der Waals surface area contributed by atoms with Gasteiger partial charge in [-0.3, -0.25) is 9.59 Å². The van der Waals surface area contributed by atoms with E-state index in [4.69, 9.17) is 11.6 Å². The first-order chi connectivity index (χ1) is 8.11. The van der Waals surface area contributed by atoms with Gasteiger partial charge in [-0.2, -0.15) is 0 Å². The monoisotopic (exact) mass is 252 g/mol. The molecule has 0 saturated carbocycles. The van der Waals surface area contributed by atoms with Crippen molar-refractivity contribution in [3.63, 3.8) is 0 Å². The Hall–Kier alpha value is -1.55. The van der Waals surface area contributed by atoms with Gasteiger partial charge in [0.1, 0.15) is 5.88 Å². The molecule has 0 aromatic heterocycles. The zero-order chi connectivity index (χ0) is 12.4. The van der Waals surface area contributed by atoms with Crippen LogP contribution in [0.2, 0.25) is 0 Å². The number of rotatable bonds is 2. The highest BCUT2D eigenvalue weighted by molar-refractivity contribution is 6.29. The van der Waals surface area contributed by atoms with Crippen molar-refractivity contribution in [1.82, 2.24) is 4.90 Å². The Morgan fingerprint density at radius 3 is 3.00 bits per heavy atom. The fraction of sp³-hybridized carbons (Fsp3) is 0.333. The summed E-state index contributed by atoms with van der Waals surface area (Å²) in [5, 5.41) is 2.64. The average molecular weight is 253 g/mol. The third-order valence-electron chi connectivity index (χ3n) is 2.81. The maximum atomic E-state index is 11.9. The molecule has 2 amide bonds. The van der Waals surface area contributed by atoms with Crippen LogP contribution in [-0.2, 0) is 11.2 Å². The molecule has 0 unspecified atom stereocenters. The molecule has 0 aliphatic carbocycles. The van der Waals surface area contributed by atoms with Gasteiger partial charge < -0.3 is 10.2 Å². The summed E-state index contributed by atoms with van der Waals surface area (Å²) in [7, 11) is 1.77. The summed E-state index contributed by atoms with van der Waals surface area (Å²) in [4.78, 5) is 24.7. The smallest absolute Gasteiger partial charge is 0.253 e. The van der Waals surface area contributed by atoms with Gasteiger partial charge in [0.25, 0.3) is 5.91 Å². The Bertz CT molecular complexity index is 474. The molecular weight excluding hydrogens is 240 g/mol. The van der Waals surface area contributed by atoms with Gasteiger partial charge in [-0.25, -0.2) is 0 Å². The van der Waals surface area contributed by atoms with Crippen molar-refractivity contribution in [2.45, 2.75) is 6.42 Å². The number of hydrogen-bond acceptors (Lipinski definition) is 2. The summed E-state index contributed by atoms with van der Waals surface area (Å²) >= 11 is 5.41. The second-order valence-corrected chi connectivity index (χ2v) is 4.30. The van der Waals surface area contributed by atoms with Crippen LogP contribution in [-0.4, -0.2) is 36.2 Å². The summed E-state index contributed by atoms with van der Waals surface area (Å²) in [5.74, 6) is -0.373. The second kappa shape index (κ2) is 4.75. The minimum atomic E-state index is -0.275. The fourth-order valence-electron chi connectivity index (χ4n) is 1.86. The van der Waals surface area contributed by atoms with Crippen molar-refractivity contribution >= 4 is 29.1 Å². The molecule has 1 aromatic carbocycles. The molecule has 4 nitrogen and oxygen atoms in total. The fourth-order valence-corrected chi connectivity index (χ4v) is 1.93. The zero-order valence-electron chi connectivity index (χ0n) is 9.50. The molecule has 0 spiro atoms. The van der Waals surface area contributed by atoms with E-state index >= 15 is 0 Å². The van der Waals surface area contributed by atoms with Crippen molar-refractivity contribution in [2.75, 3.05) is 24.8 Å². The standard InChI is InChI=1S/C12H13ClN2O2/c1-15-5-4-8-2-3-9(14-11(16)7-13)6-10(8)12(15)17/h2-3,6H,4-5,7H2,1H3,(H,14,16). The van der Waals surface area contributed by atoms with Gasteiger partial charge in [-0.1, -0.05) is 6.07 Å². The number of likely N-dealkylation sites (N-methyl/N-ethyl adjacent to an activating group) is 1. The minimum Gasteiger partial charge on any atom is -0.341 e. The summed E-state index contributed by atoms with van der Waals surface area (Å²) in [6.07, 6.45) is 0.849. The highest BCUT2D eigenvalue weighted by atomic mass is 35.5. The molecular formula is C12H13ClN2O2. The number of fused-ring (bicyclic) bond motifs is 1. The Balaban J connectivity index is 2.29. The van der Waals surface area contributed by atoms with Crippen molar-refractivity contribution in [2.24, 2.45) is 0 Å². The molecule has 2 rings (SSSR count). The predicted molar refractivity (Wildman–Crippen MR) is 66.5 cm³/mol. The van der Waals surface area contributed by atoms with E-state index in [0.29, 0.717) is 11.3 Å². The van der Waals surface area contributed by atoms with Crippen molar-refractivity contribution in [3.8, 4) is 0 Å². The molecule has 90 valence electrons. The van der Waals surface area contributed by atoms with E-state index in [2.05, 4.69) is 5.32 Å². The van der Waals surface area contributed by atoms with Gasteiger partial charge in [-0.15, -0.1) is 11.6 Å². The molecule has 1 N–H and O–H groups in total. The number of hydrogen-bond donors (Lipinski definition) is 1. The Kier molecular flexibility index (Phi) is 3.33. The normalized spacial score (nSPS) is 14.5. The molecule has 0 radical (unpaired) electrons. The van der Waals surface area contributed by atoms with Crippen LogP contribution in [0.15, 0.2) is 18.2 Å². The zero-order valence-corrected chi connectivity index (χ0v) is 10.3. The van der Waals surface area contributed by atoms with E-state index in [-0.39, 0.29) is 17.7 Å². The lowest BCUT2D eigenvalue weighted by Gasteiger charge is -2.25. The van der Waals surface area contributed by atoms with Crippen LogP contribution in [0.4, 0.5) is 5.69 Å². The van der Waals surface area contributed by atoms with Crippen molar-refractivity contribution < 1.29 is 9.59 Å². The number of amides is 2. The van der Waals surface area contributed by atoms with Crippen molar-refractivity contribution in [1.29, 1.82) is 0 Å². The number of alkyl halides is 1. The first-order valence-corrected chi connectivity index (χ1v) is 5.89. The first kappa shape index (κ1) is 11.9. The number of halogens is 1. The number of nitrogens with one attached hydrogen (secondary N) is 1. The largest absolute Gasteiger partial charge is 0.341 e. The molecule has 1 aromatic rings. The van der Waals surface area contributed by atoms with Crippen LogP contribution < -0.4 is 5.32 Å². The van der Waals surface area contributed by atoms with E-state index in [0.717, 1.165) is 18.5 Å². The number of benzene rings is 1. The summed E-state index contributed by atoms with van der Waals surface area (Å²) < 4.78 is 0. The molecule has 17 heavy (non-hydrogen) atoms. The van der Waals surface area contributed by atoms with Crippen LogP contribution in [0.1, 0.15) is 15.9 Å². The van der Waals surface area contributed by atoms with Crippen molar-refractivity contribution in [3.05, 3.63) is 29.3 Å². The lowest BCUT2D eigenvalue weighted by molar-refractivity contribution is -0.113. The average Bonchev–Trinajstić information content (AvgIpc) is 2.34. The van der Waals surface area contributed by atoms with E-state index in [1.807, 2.05) is 6.07 Å². The highest BCUT2D eigenvalue weighted by Crippen LogP contribution is 2.21. The van der Waals surface area contributed by atoms with Crippen LogP contribution in [0.5, 0.6) is 0 Å². The van der Waals surface area contributed by atoms with Gasteiger partial charge in [0.15, 0.2) is 0 Å². The minimum absolute atomic E-state index is 0.00628. The lowest BCUT2D eigenvalue weighted by Crippen LogP contribution is -2.34. The lowest BCUT2D eigenvalue weighted by atomic mass is 9.99. The quantitative estimate of drug-likeness (QED) is 0.811. The maximum absolute atomic E-state index is 11.9. The van der Waals surface area contributed by atoms with Gasteiger partial charge in [0, 0.05) is 24.8 Å². The summed E-state index contributed by atoms with van der Waals surface area (Å²) in [6.45, 7) is 0.735.